The van der Waals surface area contributed by atoms with Crippen molar-refractivity contribution in [2.75, 3.05) is 6.54 Å². The highest BCUT2D eigenvalue weighted by atomic mass is 15.2. The van der Waals surface area contributed by atoms with Gasteiger partial charge in [-0.25, -0.2) is 0 Å². The molecular formula is C14H22N2. The van der Waals surface area contributed by atoms with Gasteiger partial charge in [0.25, 0.3) is 0 Å². The van der Waals surface area contributed by atoms with Crippen LogP contribution in [-0.2, 0) is 13.0 Å². The molecule has 0 amide bonds. The van der Waals surface area contributed by atoms with Gasteiger partial charge in [0, 0.05) is 24.8 Å². The molecular weight excluding hydrogens is 196 g/mol. The molecule has 2 rings (SSSR count). The zero-order valence-corrected chi connectivity index (χ0v) is 10.8. The van der Waals surface area contributed by atoms with Gasteiger partial charge in [-0.1, -0.05) is 19.9 Å². The second-order valence-corrected chi connectivity index (χ2v) is 5.31. The highest BCUT2D eigenvalue weighted by Gasteiger charge is 2.19. The van der Waals surface area contributed by atoms with Gasteiger partial charge >= 0.3 is 0 Å². The Hall–Kier alpha value is -0.890. The third-order valence-corrected chi connectivity index (χ3v) is 3.43. The molecule has 0 aromatic carbocycles. The van der Waals surface area contributed by atoms with Gasteiger partial charge in [-0.2, -0.15) is 0 Å². The number of hydrogen-bond acceptors (Lipinski definition) is 2. The molecule has 1 aliphatic heterocycles. The third-order valence-electron chi connectivity index (χ3n) is 3.43. The highest BCUT2D eigenvalue weighted by Crippen LogP contribution is 2.21. The molecule has 1 aliphatic rings. The van der Waals surface area contributed by atoms with E-state index in [0.29, 0.717) is 12.0 Å². The summed E-state index contributed by atoms with van der Waals surface area (Å²) in [5.41, 5.74) is 3.97. The number of hydrogen-bond donors (Lipinski definition) is 0. The summed E-state index contributed by atoms with van der Waals surface area (Å²) in [7, 11) is 0. The maximum atomic E-state index is 4.80. The van der Waals surface area contributed by atoms with E-state index in [9.17, 15) is 0 Å². The second-order valence-electron chi connectivity index (χ2n) is 5.31. The summed E-state index contributed by atoms with van der Waals surface area (Å²) in [5, 5.41) is 0. The van der Waals surface area contributed by atoms with Gasteiger partial charge in [-0.05, 0) is 37.8 Å². The third kappa shape index (κ3) is 2.27. The largest absolute Gasteiger partial charge is 0.295 e. The van der Waals surface area contributed by atoms with E-state index < -0.39 is 0 Å². The van der Waals surface area contributed by atoms with E-state index in [1.165, 1.54) is 23.5 Å². The summed E-state index contributed by atoms with van der Waals surface area (Å²) < 4.78 is 0. The molecule has 0 N–H and O–H groups in total. The number of rotatable bonds is 2. The second kappa shape index (κ2) is 4.54. The Morgan fingerprint density at radius 3 is 2.56 bits per heavy atom. The van der Waals surface area contributed by atoms with Crippen molar-refractivity contribution in [3.8, 4) is 0 Å². The SMILES string of the molecule is CC(C)c1ccc2c(n1)CN(C(C)C)CC2. The fourth-order valence-electron chi connectivity index (χ4n) is 2.21. The summed E-state index contributed by atoms with van der Waals surface area (Å²) in [4.78, 5) is 7.30. The van der Waals surface area contributed by atoms with Crippen molar-refractivity contribution in [3.63, 3.8) is 0 Å². The zero-order valence-electron chi connectivity index (χ0n) is 10.8. The lowest BCUT2D eigenvalue weighted by Gasteiger charge is -2.31. The number of aromatic nitrogens is 1. The summed E-state index contributed by atoms with van der Waals surface area (Å²) in [6.07, 6.45) is 1.15. The van der Waals surface area contributed by atoms with Crippen molar-refractivity contribution in [2.24, 2.45) is 0 Å². The maximum absolute atomic E-state index is 4.80. The van der Waals surface area contributed by atoms with E-state index in [1.807, 2.05) is 0 Å². The van der Waals surface area contributed by atoms with Gasteiger partial charge in [0.1, 0.15) is 0 Å². The van der Waals surface area contributed by atoms with Crippen LogP contribution in [0.4, 0.5) is 0 Å². The smallest absolute Gasteiger partial charge is 0.0579 e. The van der Waals surface area contributed by atoms with Crippen LogP contribution in [0, 0.1) is 0 Å². The number of pyridine rings is 1. The maximum Gasteiger partial charge on any atom is 0.0579 e. The van der Waals surface area contributed by atoms with E-state index in [2.05, 4.69) is 44.7 Å². The molecule has 88 valence electrons. The van der Waals surface area contributed by atoms with Crippen LogP contribution in [0.5, 0.6) is 0 Å². The van der Waals surface area contributed by atoms with Gasteiger partial charge in [-0.3, -0.25) is 9.88 Å². The van der Waals surface area contributed by atoms with Crippen LogP contribution in [0.2, 0.25) is 0 Å². The van der Waals surface area contributed by atoms with Crippen LogP contribution in [-0.4, -0.2) is 22.5 Å². The molecule has 0 radical (unpaired) electrons. The van der Waals surface area contributed by atoms with Gasteiger partial charge in [0.2, 0.25) is 0 Å². The highest BCUT2D eigenvalue weighted by molar-refractivity contribution is 5.26. The summed E-state index contributed by atoms with van der Waals surface area (Å²) >= 11 is 0. The molecule has 2 nitrogen and oxygen atoms in total. The van der Waals surface area contributed by atoms with Crippen LogP contribution in [0.25, 0.3) is 0 Å². The molecule has 0 bridgehead atoms. The van der Waals surface area contributed by atoms with Gasteiger partial charge in [0.05, 0.1) is 5.69 Å². The molecule has 0 aliphatic carbocycles. The van der Waals surface area contributed by atoms with Gasteiger partial charge in [-0.15, -0.1) is 0 Å². The fourth-order valence-corrected chi connectivity index (χ4v) is 2.21. The first-order valence-electron chi connectivity index (χ1n) is 6.30. The summed E-state index contributed by atoms with van der Waals surface area (Å²) in [6, 6.07) is 5.08. The first-order chi connectivity index (χ1) is 7.58. The van der Waals surface area contributed by atoms with Crippen molar-refractivity contribution in [1.82, 2.24) is 9.88 Å². The minimum absolute atomic E-state index is 0.528. The molecule has 0 unspecified atom stereocenters. The lowest BCUT2D eigenvalue weighted by Crippen LogP contribution is -2.36. The molecule has 1 aromatic rings. The van der Waals surface area contributed by atoms with Gasteiger partial charge in [0.15, 0.2) is 0 Å². The van der Waals surface area contributed by atoms with Crippen molar-refractivity contribution in [3.05, 3.63) is 29.1 Å². The molecule has 2 heteroatoms. The molecule has 1 aromatic heterocycles. The van der Waals surface area contributed by atoms with E-state index in [4.69, 9.17) is 4.98 Å². The Bertz CT molecular complexity index is 369. The lowest BCUT2D eigenvalue weighted by molar-refractivity contribution is 0.200. The molecule has 0 saturated heterocycles. The number of nitrogens with zero attached hydrogens (tertiary/aromatic N) is 2. The Balaban J connectivity index is 2.25. The minimum Gasteiger partial charge on any atom is -0.295 e. The topological polar surface area (TPSA) is 16.1 Å². The summed E-state index contributed by atoms with van der Waals surface area (Å²) in [5.74, 6) is 0.528. The van der Waals surface area contributed by atoms with Crippen LogP contribution in [0.1, 0.15) is 50.6 Å². The Morgan fingerprint density at radius 2 is 1.94 bits per heavy atom. The van der Waals surface area contributed by atoms with E-state index in [-0.39, 0.29) is 0 Å². The minimum atomic E-state index is 0.528. The van der Waals surface area contributed by atoms with Crippen molar-refractivity contribution < 1.29 is 0 Å². The van der Waals surface area contributed by atoms with Crippen molar-refractivity contribution in [2.45, 2.75) is 52.6 Å². The Morgan fingerprint density at radius 1 is 1.19 bits per heavy atom. The van der Waals surface area contributed by atoms with Gasteiger partial charge < -0.3 is 0 Å². The predicted octanol–water partition coefficient (Wildman–Crippen LogP) is 2.97. The van der Waals surface area contributed by atoms with Crippen LogP contribution < -0.4 is 0 Å². The molecule has 0 atom stereocenters. The molecule has 2 heterocycles. The average Bonchev–Trinajstić information content (AvgIpc) is 2.27. The molecule has 16 heavy (non-hydrogen) atoms. The van der Waals surface area contributed by atoms with E-state index >= 15 is 0 Å². The summed E-state index contributed by atoms with van der Waals surface area (Å²) in [6.45, 7) is 11.1. The molecule has 0 fully saturated rings. The van der Waals surface area contributed by atoms with E-state index in [1.54, 1.807) is 0 Å². The van der Waals surface area contributed by atoms with Crippen LogP contribution >= 0.6 is 0 Å². The van der Waals surface area contributed by atoms with E-state index in [0.717, 1.165) is 13.0 Å². The molecule has 0 spiro atoms. The molecule has 0 saturated carbocycles. The lowest BCUT2D eigenvalue weighted by atomic mass is 10.0. The normalized spacial score (nSPS) is 16.9. The standard InChI is InChI=1S/C14H22N2/c1-10(2)13-6-5-12-7-8-16(11(3)4)9-14(12)15-13/h5-6,10-11H,7-9H2,1-4H3. The predicted molar refractivity (Wildman–Crippen MR) is 67.6 cm³/mol. The fraction of sp³-hybridized carbons (Fsp3) is 0.643. The number of fused-ring (bicyclic) bond motifs is 1. The Labute approximate surface area is 98.7 Å². The van der Waals surface area contributed by atoms with Crippen molar-refractivity contribution in [1.29, 1.82) is 0 Å². The first kappa shape index (κ1) is 11.6. The first-order valence-corrected chi connectivity index (χ1v) is 6.30. The Kier molecular flexibility index (Phi) is 3.29. The van der Waals surface area contributed by atoms with Crippen LogP contribution in [0.3, 0.4) is 0 Å². The zero-order chi connectivity index (χ0) is 11.7. The average molecular weight is 218 g/mol. The monoisotopic (exact) mass is 218 g/mol. The quantitative estimate of drug-likeness (QED) is 0.758. The van der Waals surface area contributed by atoms with Crippen LogP contribution in [0.15, 0.2) is 12.1 Å². The van der Waals surface area contributed by atoms with Crippen molar-refractivity contribution >= 4 is 0 Å².